The van der Waals surface area contributed by atoms with Gasteiger partial charge in [0.1, 0.15) is 18.1 Å². The number of carboxylic acid groups (broad SMARTS) is 1. The minimum Gasteiger partial charge on any atom is -0.480 e. The summed E-state index contributed by atoms with van der Waals surface area (Å²) in [6.07, 6.45) is 5.64. The van der Waals surface area contributed by atoms with E-state index in [9.17, 15) is 24.3 Å². The van der Waals surface area contributed by atoms with E-state index in [0.29, 0.717) is 50.9 Å². The van der Waals surface area contributed by atoms with Crippen LogP contribution in [0.25, 0.3) is 0 Å². The lowest BCUT2D eigenvalue weighted by Gasteiger charge is -2.29. The zero-order chi connectivity index (χ0) is 23.7. The maximum absolute atomic E-state index is 13.2. The van der Waals surface area contributed by atoms with Gasteiger partial charge in [0, 0.05) is 24.9 Å². The van der Waals surface area contributed by atoms with E-state index in [0.717, 1.165) is 0 Å². The highest BCUT2D eigenvalue weighted by molar-refractivity contribution is 5.94. The molecule has 12 heteroatoms. The second kappa shape index (κ2) is 12.2. The van der Waals surface area contributed by atoms with Gasteiger partial charge in [-0.15, -0.1) is 0 Å². The Morgan fingerprint density at radius 3 is 2.62 bits per heavy atom. The number of rotatable bonds is 12. The molecule has 1 saturated heterocycles. The number of aromatic amines is 1. The zero-order valence-corrected chi connectivity index (χ0v) is 18.3. The van der Waals surface area contributed by atoms with Gasteiger partial charge >= 0.3 is 5.97 Å². The third-order valence-electron chi connectivity index (χ3n) is 5.41. The maximum Gasteiger partial charge on any atom is 0.326 e. The molecule has 0 saturated carbocycles. The molecule has 0 radical (unpaired) electrons. The van der Waals surface area contributed by atoms with Crippen molar-refractivity contribution >= 4 is 23.7 Å². The third-order valence-corrected chi connectivity index (χ3v) is 5.41. The Kier molecular flexibility index (Phi) is 9.60. The molecule has 1 aliphatic heterocycles. The van der Waals surface area contributed by atoms with Crippen LogP contribution in [0.15, 0.2) is 12.5 Å². The Morgan fingerprint density at radius 1 is 1.28 bits per heavy atom. The van der Waals surface area contributed by atoms with Crippen molar-refractivity contribution in [1.82, 2.24) is 25.5 Å². The standard InChI is InChI=1S/C20H33N7O5/c1-12(22)17(28)25-14(5-2-3-7-21)19(30)27-8-4-6-16(27)18(29)26-15(20(31)32)9-13-10-23-11-24-13/h10-12,14-16H,2-9,21-22H2,1H3,(H,23,24)(H,25,28)(H,26,29)(H,31,32). The van der Waals surface area contributed by atoms with Gasteiger partial charge in [-0.25, -0.2) is 9.78 Å². The van der Waals surface area contributed by atoms with Crippen molar-refractivity contribution in [2.24, 2.45) is 11.5 Å². The second-order valence-electron chi connectivity index (χ2n) is 8.00. The molecule has 8 N–H and O–H groups in total. The predicted molar refractivity (Wildman–Crippen MR) is 115 cm³/mol. The number of hydrogen-bond donors (Lipinski definition) is 6. The summed E-state index contributed by atoms with van der Waals surface area (Å²) in [6, 6.07) is -3.58. The van der Waals surface area contributed by atoms with Crippen LogP contribution in [0.3, 0.4) is 0 Å². The Hall–Kier alpha value is -2.99. The van der Waals surface area contributed by atoms with Crippen LogP contribution in [0, 0.1) is 0 Å². The highest BCUT2D eigenvalue weighted by atomic mass is 16.4. The fourth-order valence-electron chi connectivity index (χ4n) is 3.64. The summed E-state index contributed by atoms with van der Waals surface area (Å²) in [5.74, 6) is -2.56. The van der Waals surface area contributed by atoms with Gasteiger partial charge in [-0.05, 0) is 45.6 Å². The SMILES string of the molecule is CC(N)C(=O)NC(CCCCN)C(=O)N1CCCC1C(=O)NC(Cc1cnc[nH]1)C(=O)O. The molecule has 4 atom stereocenters. The molecule has 32 heavy (non-hydrogen) atoms. The van der Waals surface area contributed by atoms with Gasteiger partial charge in [-0.3, -0.25) is 14.4 Å². The molecule has 1 fully saturated rings. The maximum atomic E-state index is 13.2. The molecule has 1 aromatic rings. The summed E-state index contributed by atoms with van der Waals surface area (Å²) in [5, 5.41) is 14.7. The molecule has 2 rings (SSSR count). The number of carbonyl (C=O) groups is 4. The number of nitrogens with zero attached hydrogens (tertiary/aromatic N) is 2. The molecule has 2 heterocycles. The molecule has 12 nitrogen and oxygen atoms in total. The number of likely N-dealkylation sites (tertiary alicyclic amines) is 1. The van der Waals surface area contributed by atoms with E-state index < -0.39 is 42.0 Å². The first-order chi connectivity index (χ1) is 15.2. The minimum atomic E-state index is -1.19. The van der Waals surface area contributed by atoms with Crippen LogP contribution < -0.4 is 22.1 Å². The summed E-state index contributed by atoms with van der Waals surface area (Å²) in [7, 11) is 0. The molecule has 0 spiro atoms. The summed E-state index contributed by atoms with van der Waals surface area (Å²) in [5.41, 5.74) is 11.7. The minimum absolute atomic E-state index is 0.0356. The zero-order valence-electron chi connectivity index (χ0n) is 18.3. The van der Waals surface area contributed by atoms with E-state index in [4.69, 9.17) is 11.5 Å². The van der Waals surface area contributed by atoms with E-state index in [1.54, 1.807) is 0 Å². The Morgan fingerprint density at radius 2 is 2.03 bits per heavy atom. The third kappa shape index (κ3) is 7.02. The normalized spacial score (nSPS) is 18.6. The van der Waals surface area contributed by atoms with Crippen LogP contribution in [0.5, 0.6) is 0 Å². The smallest absolute Gasteiger partial charge is 0.326 e. The number of nitrogens with two attached hydrogens (primary N) is 2. The van der Waals surface area contributed by atoms with Gasteiger partial charge in [-0.2, -0.15) is 0 Å². The molecule has 0 aromatic carbocycles. The number of hydrogen-bond acceptors (Lipinski definition) is 7. The second-order valence-corrected chi connectivity index (χ2v) is 8.00. The van der Waals surface area contributed by atoms with Gasteiger partial charge < -0.3 is 37.1 Å². The molecule has 0 bridgehead atoms. The summed E-state index contributed by atoms with van der Waals surface area (Å²) >= 11 is 0. The predicted octanol–water partition coefficient (Wildman–Crippen LogP) is -1.53. The average Bonchev–Trinajstić information content (AvgIpc) is 3.43. The number of nitrogens with one attached hydrogen (secondary N) is 3. The molecule has 0 aliphatic carbocycles. The first-order valence-corrected chi connectivity index (χ1v) is 10.8. The topological polar surface area (TPSA) is 197 Å². The fraction of sp³-hybridized carbons (Fsp3) is 0.650. The number of carboxylic acids is 1. The summed E-state index contributed by atoms with van der Waals surface area (Å²) < 4.78 is 0. The van der Waals surface area contributed by atoms with E-state index in [1.165, 1.54) is 24.3 Å². The lowest BCUT2D eigenvalue weighted by molar-refractivity contribution is -0.145. The van der Waals surface area contributed by atoms with Gasteiger partial charge in [0.2, 0.25) is 17.7 Å². The van der Waals surface area contributed by atoms with E-state index in [1.807, 2.05) is 0 Å². The van der Waals surface area contributed by atoms with Crippen molar-refractivity contribution in [2.45, 2.75) is 69.6 Å². The van der Waals surface area contributed by atoms with Crippen LogP contribution in [0.2, 0.25) is 0 Å². The average molecular weight is 452 g/mol. The van der Waals surface area contributed by atoms with Crippen LogP contribution in [-0.2, 0) is 25.6 Å². The van der Waals surface area contributed by atoms with Crippen LogP contribution >= 0.6 is 0 Å². The van der Waals surface area contributed by atoms with Crippen molar-refractivity contribution in [3.05, 3.63) is 18.2 Å². The molecule has 3 amide bonds. The Bertz CT molecular complexity index is 783. The molecule has 1 aromatic heterocycles. The molecule has 178 valence electrons. The number of aromatic nitrogens is 2. The summed E-state index contributed by atoms with van der Waals surface area (Å²) in [4.78, 5) is 57.9. The van der Waals surface area contributed by atoms with E-state index in [2.05, 4.69) is 20.6 Å². The number of unbranched alkanes of at least 4 members (excludes halogenated alkanes) is 1. The molecular formula is C20H33N7O5. The van der Waals surface area contributed by atoms with Crippen molar-refractivity contribution < 1.29 is 24.3 Å². The van der Waals surface area contributed by atoms with Crippen molar-refractivity contribution in [3.8, 4) is 0 Å². The number of carbonyl (C=O) groups excluding carboxylic acids is 3. The van der Waals surface area contributed by atoms with Crippen LogP contribution in [0.1, 0.15) is 44.7 Å². The molecule has 4 unspecified atom stereocenters. The molecule has 1 aliphatic rings. The van der Waals surface area contributed by atoms with Gasteiger partial charge in [0.05, 0.1) is 12.4 Å². The number of H-pyrrole nitrogens is 1. The lowest BCUT2D eigenvalue weighted by atomic mass is 10.1. The Balaban J connectivity index is 2.08. The van der Waals surface area contributed by atoms with Crippen LogP contribution in [0.4, 0.5) is 0 Å². The molecular weight excluding hydrogens is 418 g/mol. The van der Waals surface area contributed by atoms with Crippen molar-refractivity contribution in [3.63, 3.8) is 0 Å². The first-order valence-electron chi connectivity index (χ1n) is 10.8. The monoisotopic (exact) mass is 451 g/mol. The highest BCUT2D eigenvalue weighted by Crippen LogP contribution is 2.20. The van der Waals surface area contributed by atoms with Gasteiger partial charge in [0.25, 0.3) is 0 Å². The van der Waals surface area contributed by atoms with Gasteiger partial charge in [-0.1, -0.05) is 0 Å². The highest BCUT2D eigenvalue weighted by Gasteiger charge is 2.38. The fourth-order valence-corrected chi connectivity index (χ4v) is 3.64. The largest absolute Gasteiger partial charge is 0.480 e. The van der Waals surface area contributed by atoms with E-state index in [-0.39, 0.29) is 12.3 Å². The lowest BCUT2D eigenvalue weighted by Crippen LogP contribution is -2.56. The quantitative estimate of drug-likeness (QED) is 0.206. The van der Waals surface area contributed by atoms with Crippen LogP contribution in [-0.4, -0.2) is 80.9 Å². The number of amides is 3. The number of aliphatic carboxylic acids is 1. The number of imidazole rings is 1. The van der Waals surface area contributed by atoms with E-state index >= 15 is 0 Å². The van der Waals surface area contributed by atoms with Crippen molar-refractivity contribution in [1.29, 1.82) is 0 Å². The first kappa shape index (κ1) is 25.3. The Labute approximate surface area is 186 Å². The van der Waals surface area contributed by atoms with Gasteiger partial charge in [0.15, 0.2) is 0 Å². The van der Waals surface area contributed by atoms with Crippen molar-refractivity contribution in [2.75, 3.05) is 13.1 Å². The summed E-state index contributed by atoms with van der Waals surface area (Å²) in [6.45, 7) is 2.33.